The van der Waals surface area contributed by atoms with Crippen molar-refractivity contribution < 1.29 is 18.1 Å². The van der Waals surface area contributed by atoms with Gasteiger partial charge >= 0.3 is 8.60 Å². The van der Waals surface area contributed by atoms with Crippen LogP contribution in [0.15, 0.2) is 91.0 Å². The van der Waals surface area contributed by atoms with Crippen molar-refractivity contribution in [1.29, 1.82) is 0 Å². The number of para-hydroxylation sites is 3. The largest absolute Gasteiger partial charge is 0.530 e. The van der Waals surface area contributed by atoms with Crippen LogP contribution in [-0.2, 0) is 4.52 Å². The van der Waals surface area contributed by atoms with E-state index in [1.807, 2.05) is 91.0 Å². The van der Waals surface area contributed by atoms with E-state index in [0.717, 1.165) is 0 Å². The highest BCUT2D eigenvalue weighted by atomic mass is 31.2. The first-order chi connectivity index (χ1) is 12.3. The summed E-state index contributed by atoms with van der Waals surface area (Å²) in [5, 5.41) is 0. The molecule has 0 heterocycles. The van der Waals surface area contributed by atoms with E-state index >= 15 is 0 Å². The smallest absolute Gasteiger partial charge is 0.409 e. The topological polar surface area (TPSA) is 36.9 Å². The minimum atomic E-state index is -1.59. The monoisotopic (exact) mass is 390 g/mol. The maximum absolute atomic E-state index is 5.84. The van der Waals surface area contributed by atoms with Crippen molar-refractivity contribution in [3.8, 4) is 17.2 Å². The van der Waals surface area contributed by atoms with Crippen LogP contribution < -0.4 is 13.6 Å². The van der Waals surface area contributed by atoms with Gasteiger partial charge in [-0.3, -0.25) is 0 Å². The van der Waals surface area contributed by atoms with Crippen molar-refractivity contribution in [3.63, 3.8) is 0 Å². The van der Waals surface area contributed by atoms with Gasteiger partial charge in [0.1, 0.15) is 17.2 Å². The zero-order valence-electron chi connectivity index (χ0n) is 13.8. The summed E-state index contributed by atoms with van der Waals surface area (Å²) >= 11 is 0. The van der Waals surface area contributed by atoms with Crippen LogP contribution in [0.3, 0.4) is 0 Å². The van der Waals surface area contributed by atoms with E-state index in [4.69, 9.17) is 13.6 Å². The maximum Gasteiger partial charge on any atom is 0.530 e. The van der Waals surface area contributed by atoms with E-state index in [1.54, 1.807) is 7.11 Å². The number of benzene rings is 3. The summed E-state index contributed by atoms with van der Waals surface area (Å²) < 4.78 is 21.7. The molecule has 0 aliphatic rings. The predicted octanol–water partition coefficient (Wildman–Crippen LogP) is 6.51. The van der Waals surface area contributed by atoms with Crippen LogP contribution in [0.25, 0.3) is 0 Å². The third-order valence-electron chi connectivity index (χ3n) is 2.77. The summed E-state index contributed by atoms with van der Waals surface area (Å²) in [7, 11) is 2.08. The summed E-state index contributed by atoms with van der Waals surface area (Å²) in [6.45, 7) is 0. The highest BCUT2D eigenvalue weighted by Gasteiger charge is 2.19. The molecule has 0 radical (unpaired) electrons. The molecule has 1 atom stereocenters. The summed E-state index contributed by atoms with van der Waals surface area (Å²) in [4.78, 5) is 0. The Balaban J connectivity index is 0.000000791. The van der Waals surface area contributed by atoms with Crippen molar-refractivity contribution >= 4 is 18.1 Å². The van der Waals surface area contributed by atoms with Crippen molar-refractivity contribution in [2.75, 3.05) is 7.11 Å². The Kier molecular flexibility index (Phi) is 11.1. The highest BCUT2D eigenvalue weighted by Crippen LogP contribution is 2.41. The fraction of sp³-hybridized carbons (Fsp3) is 0.100. The summed E-state index contributed by atoms with van der Waals surface area (Å²) in [6.07, 6.45) is 0. The maximum atomic E-state index is 5.84. The minimum absolute atomic E-state index is 0. The molecular weight excluding hydrogens is 366 g/mol. The molecule has 0 saturated carbocycles. The van der Waals surface area contributed by atoms with Crippen LogP contribution >= 0.6 is 18.1 Å². The second kappa shape index (κ2) is 13.1. The molecular formula is C20H24O4P2. The van der Waals surface area contributed by atoms with Gasteiger partial charge in [0.05, 0.1) is 0 Å². The van der Waals surface area contributed by atoms with Crippen LogP contribution in [0.1, 0.15) is 7.43 Å². The Bertz CT molecular complexity index is 598. The molecule has 0 aliphatic carbocycles. The highest BCUT2D eigenvalue weighted by molar-refractivity contribution is 7.43. The normalized spacial score (nSPS) is 9.35. The molecule has 138 valence electrons. The summed E-state index contributed by atoms with van der Waals surface area (Å²) in [5.41, 5.74) is 0. The summed E-state index contributed by atoms with van der Waals surface area (Å²) in [5.74, 6) is 2.13. The Labute approximate surface area is 159 Å². The van der Waals surface area contributed by atoms with Gasteiger partial charge in [0, 0.05) is 7.11 Å². The molecule has 26 heavy (non-hydrogen) atoms. The minimum Gasteiger partial charge on any atom is -0.409 e. The van der Waals surface area contributed by atoms with E-state index in [1.165, 1.54) is 0 Å². The van der Waals surface area contributed by atoms with Gasteiger partial charge in [0.25, 0.3) is 0 Å². The molecule has 0 N–H and O–H groups in total. The van der Waals surface area contributed by atoms with Crippen LogP contribution in [0.5, 0.6) is 17.2 Å². The lowest BCUT2D eigenvalue weighted by molar-refractivity contribution is 0.388. The van der Waals surface area contributed by atoms with Crippen LogP contribution in [0.4, 0.5) is 0 Å². The lowest BCUT2D eigenvalue weighted by Crippen LogP contribution is -2.02. The van der Waals surface area contributed by atoms with Crippen LogP contribution in [0, 0.1) is 0 Å². The molecule has 1 unspecified atom stereocenters. The first kappa shape index (κ1) is 21.9. The van der Waals surface area contributed by atoms with Crippen molar-refractivity contribution in [3.05, 3.63) is 91.0 Å². The van der Waals surface area contributed by atoms with E-state index in [9.17, 15) is 0 Å². The molecule has 0 bridgehead atoms. The number of rotatable bonds is 6. The molecule has 0 aliphatic heterocycles. The molecule has 0 fully saturated rings. The third kappa shape index (κ3) is 8.31. The fourth-order valence-corrected chi connectivity index (χ4v) is 2.75. The number of hydrogen-bond acceptors (Lipinski definition) is 4. The van der Waals surface area contributed by atoms with Crippen molar-refractivity contribution in [2.24, 2.45) is 0 Å². The van der Waals surface area contributed by atoms with Gasteiger partial charge in [0.2, 0.25) is 0 Å². The molecule has 0 spiro atoms. The van der Waals surface area contributed by atoms with Crippen molar-refractivity contribution in [2.45, 2.75) is 7.43 Å². The Hall–Kier alpha value is -2.12. The SMILES string of the molecule is C.COP.c1ccc(OP(Oc2ccccc2)Oc2ccccc2)cc1. The van der Waals surface area contributed by atoms with Gasteiger partial charge in [-0.2, -0.15) is 0 Å². The predicted molar refractivity (Wildman–Crippen MR) is 112 cm³/mol. The summed E-state index contributed by atoms with van der Waals surface area (Å²) in [6, 6.07) is 28.5. The second-order valence-corrected chi connectivity index (χ2v) is 6.14. The van der Waals surface area contributed by atoms with Gasteiger partial charge in [-0.05, 0) is 45.9 Å². The third-order valence-corrected chi connectivity index (χ3v) is 3.85. The number of hydrogen-bond donors (Lipinski definition) is 0. The molecule has 6 heteroatoms. The van der Waals surface area contributed by atoms with Crippen LogP contribution in [0.2, 0.25) is 0 Å². The molecule has 3 aromatic carbocycles. The second-order valence-electron chi connectivity index (χ2n) is 4.67. The van der Waals surface area contributed by atoms with E-state index in [0.29, 0.717) is 17.2 Å². The average molecular weight is 390 g/mol. The molecule has 0 saturated heterocycles. The Morgan fingerprint density at radius 1 is 0.577 bits per heavy atom. The van der Waals surface area contributed by atoms with E-state index in [-0.39, 0.29) is 7.43 Å². The van der Waals surface area contributed by atoms with Gasteiger partial charge in [-0.15, -0.1) is 0 Å². The lowest BCUT2D eigenvalue weighted by Gasteiger charge is -2.17. The molecule has 3 rings (SSSR count). The Morgan fingerprint density at radius 3 is 1.04 bits per heavy atom. The molecule has 0 amide bonds. The molecule has 0 aromatic heterocycles. The lowest BCUT2D eigenvalue weighted by atomic mass is 10.3. The first-order valence-electron chi connectivity index (χ1n) is 7.54. The first-order valence-corrected chi connectivity index (χ1v) is 9.10. The fourth-order valence-electron chi connectivity index (χ4n) is 1.76. The van der Waals surface area contributed by atoms with Gasteiger partial charge in [-0.25, -0.2) is 0 Å². The van der Waals surface area contributed by atoms with E-state index in [2.05, 4.69) is 14.0 Å². The van der Waals surface area contributed by atoms with Gasteiger partial charge in [-0.1, -0.05) is 62.0 Å². The molecule has 4 nitrogen and oxygen atoms in total. The zero-order chi connectivity index (χ0) is 17.7. The standard InChI is InChI=1S/C18H15O3P.CH5OP.CH4/c1-4-10-16(11-5-1)19-22(20-17-12-6-2-7-13-17)21-18-14-8-3-9-15-18;1-2-3;/h1-15H;3H2,1H3;1H4. The van der Waals surface area contributed by atoms with Gasteiger partial charge in [0.15, 0.2) is 0 Å². The van der Waals surface area contributed by atoms with Crippen molar-refractivity contribution in [1.82, 2.24) is 0 Å². The van der Waals surface area contributed by atoms with E-state index < -0.39 is 8.60 Å². The van der Waals surface area contributed by atoms with Gasteiger partial charge < -0.3 is 18.1 Å². The average Bonchev–Trinajstić information content (AvgIpc) is 2.65. The van der Waals surface area contributed by atoms with Crippen LogP contribution in [-0.4, -0.2) is 7.11 Å². The zero-order valence-corrected chi connectivity index (χ0v) is 15.9. The Morgan fingerprint density at radius 2 is 0.808 bits per heavy atom. The quantitative estimate of drug-likeness (QED) is 0.450. The molecule has 3 aromatic rings.